The van der Waals surface area contributed by atoms with Crippen LogP contribution in [0.1, 0.15) is 46.1 Å². The van der Waals surface area contributed by atoms with Crippen molar-refractivity contribution in [2.75, 3.05) is 5.32 Å². The standard InChI is InChI=1S/C19H22N2O3S/c1-11-7-9-13(10-8-11)24-12(2)18(23)21-19-16(17(20)22)14-5-3-4-6-15(14)25-19/h7-10,12H,3-6H2,1-2H3,(H2,20,22)(H,21,23)/t12-/m0/s1. The number of primary amides is 1. The van der Waals surface area contributed by atoms with E-state index in [2.05, 4.69) is 5.32 Å². The Bertz CT molecular complexity index is 796. The molecule has 6 heteroatoms. The van der Waals surface area contributed by atoms with E-state index in [4.69, 9.17) is 10.5 Å². The minimum Gasteiger partial charge on any atom is -0.481 e. The van der Waals surface area contributed by atoms with Gasteiger partial charge in [-0.2, -0.15) is 0 Å². The van der Waals surface area contributed by atoms with Gasteiger partial charge < -0.3 is 15.8 Å². The SMILES string of the molecule is Cc1ccc(O[C@@H](C)C(=O)Nc2sc3c(c2C(N)=O)CCCC3)cc1. The van der Waals surface area contributed by atoms with Crippen LogP contribution in [0.3, 0.4) is 0 Å². The Hall–Kier alpha value is -2.34. The highest BCUT2D eigenvalue weighted by molar-refractivity contribution is 7.17. The highest BCUT2D eigenvalue weighted by Crippen LogP contribution is 2.38. The average molecular weight is 358 g/mol. The molecule has 0 bridgehead atoms. The first-order chi connectivity index (χ1) is 12.0. The van der Waals surface area contributed by atoms with Crippen molar-refractivity contribution in [2.45, 2.75) is 45.6 Å². The van der Waals surface area contributed by atoms with Crippen molar-refractivity contribution < 1.29 is 14.3 Å². The molecule has 1 aliphatic carbocycles. The van der Waals surface area contributed by atoms with Gasteiger partial charge >= 0.3 is 0 Å². The third kappa shape index (κ3) is 3.85. The van der Waals surface area contributed by atoms with Crippen molar-refractivity contribution in [1.82, 2.24) is 0 Å². The summed E-state index contributed by atoms with van der Waals surface area (Å²) in [5.74, 6) is -0.141. The van der Waals surface area contributed by atoms with Gasteiger partial charge in [-0.05, 0) is 57.2 Å². The minimum atomic E-state index is -0.678. The molecule has 1 aromatic heterocycles. The van der Waals surface area contributed by atoms with E-state index in [0.717, 1.165) is 41.7 Å². The number of carbonyl (C=O) groups is 2. The first kappa shape index (κ1) is 17.5. The number of benzene rings is 1. The molecule has 5 nitrogen and oxygen atoms in total. The number of rotatable bonds is 5. The molecule has 0 aliphatic heterocycles. The molecule has 1 heterocycles. The Balaban J connectivity index is 1.75. The van der Waals surface area contributed by atoms with E-state index in [1.165, 1.54) is 11.3 Å². The van der Waals surface area contributed by atoms with Crippen LogP contribution in [0.2, 0.25) is 0 Å². The number of anilines is 1. The fourth-order valence-corrected chi connectivity index (χ4v) is 4.30. The van der Waals surface area contributed by atoms with Crippen LogP contribution in [0.5, 0.6) is 5.75 Å². The summed E-state index contributed by atoms with van der Waals surface area (Å²) in [4.78, 5) is 25.5. The fourth-order valence-electron chi connectivity index (χ4n) is 3.00. The lowest BCUT2D eigenvalue weighted by Crippen LogP contribution is -2.30. The first-order valence-electron chi connectivity index (χ1n) is 8.44. The van der Waals surface area contributed by atoms with E-state index in [-0.39, 0.29) is 5.91 Å². The molecule has 0 unspecified atom stereocenters. The molecule has 0 radical (unpaired) electrons. The van der Waals surface area contributed by atoms with Gasteiger partial charge in [-0.25, -0.2) is 0 Å². The van der Waals surface area contributed by atoms with Crippen LogP contribution in [0.4, 0.5) is 5.00 Å². The van der Waals surface area contributed by atoms with E-state index in [9.17, 15) is 9.59 Å². The molecule has 0 saturated heterocycles. The van der Waals surface area contributed by atoms with Crippen LogP contribution in [0.25, 0.3) is 0 Å². The molecule has 3 rings (SSSR count). The van der Waals surface area contributed by atoms with Gasteiger partial charge in [0, 0.05) is 4.88 Å². The van der Waals surface area contributed by atoms with Gasteiger partial charge in [0.15, 0.2) is 6.10 Å². The molecule has 0 saturated carbocycles. The van der Waals surface area contributed by atoms with Gasteiger partial charge in [0.1, 0.15) is 10.8 Å². The maximum atomic E-state index is 12.5. The second-order valence-electron chi connectivity index (χ2n) is 6.34. The fraction of sp³-hybridized carbons (Fsp3) is 0.368. The van der Waals surface area contributed by atoms with Gasteiger partial charge in [0.05, 0.1) is 5.56 Å². The highest BCUT2D eigenvalue weighted by Gasteiger charge is 2.26. The van der Waals surface area contributed by atoms with Crippen molar-refractivity contribution in [2.24, 2.45) is 5.73 Å². The molecular formula is C19H22N2O3S. The summed E-state index contributed by atoms with van der Waals surface area (Å²) < 4.78 is 5.68. The van der Waals surface area contributed by atoms with Crippen LogP contribution >= 0.6 is 11.3 Å². The number of nitrogens with one attached hydrogen (secondary N) is 1. The largest absolute Gasteiger partial charge is 0.481 e. The lowest BCUT2D eigenvalue weighted by Gasteiger charge is -2.15. The Labute approximate surface area is 151 Å². The molecular weight excluding hydrogens is 336 g/mol. The second kappa shape index (κ2) is 7.27. The lowest BCUT2D eigenvalue weighted by molar-refractivity contribution is -0.122. The van der Waals surface area contributed by atoms with Gasteiger partial charge in [0.25, 0.3) is 11.8 Å². The van der Waals surface area contributed by atoms with Gasteiger partial charge in [-0.1, -0.05) is 17.7 Å². The maximum Gasteiger partial charge on any atom is 0.265 e. The number of ether oxygens (including phenoxy) is 1. The van der Waals surface area contributed by atoms with Crippen molar-refractivity contribution in [3.63, 3.8) is 0 Å². The molecule has 3 N–H and O–H groups in total. The smallest absolute Gasteiger partial charge is 0.265 e. The summed E-state index contributed by atoms with van der Waals surface area (Å²) in [6.45, 7) is 3.68. The number of thiophene rings is 1. The zero-order valence-corrected chi connectivity index (χ0v) is 15.2. The normalized spacial score (nSPS) is 14.5. The zero-order chi connectivity index (χ0) is 18.0. The monoisotopic (exact) mass is 358 g/mol. The topological polar surface area (TPSA) is 81.4 Å². The molecule has 0 fully saturated rings. The molecule has 1 atom stereocenters. The van der Waals surface area contributed by atoms with Crippen molar-refractivity contribution in [1.29, 1.82) is 0 Å². The summed E-state index contributed by atoms with van der Waals surface area (Å²) >= 11 is 1.46. The number of hydrogen-bond donors (Lipinski definition) is 2. The van der Waals surface area contributed by atoms with E-state index in [0.29, 0.717) is 16.3 Å². The molecule has 1 aliphatic rings. The summed E-state index contributed by atoms with van der Waals surface area (Å²) in [7, 11) is 0. The average Bonchev–Trinajstić information content (AvgIpc) is 2.94. The predicted octanol–water partition coefficient (Wildman–Crippen LogP) is 3.44. The van der Waals surface area contributed by atoms with E-state index in [1.54, 1.807) is 6.92 Å². The van der Waals surface area contributed by atoms with Crippen LogP contribution in [0.15, 0.2) is 24.3 Å². The minimum absolute atomic E-state index is 0.290. The Kier molecular flexibility index (Phi) is 5.08. The highest BCUT2D eigenvalue weighted by atomic mass is 32.1. The van der Waals surface area contributed by atoms with Gasteiger partial charge in [-0.15, -0.1) is 11.3 Å². The van der Waals surface area contributed by atoms with Crippen LogP contribution < -0.4 is 15.8 Å². The second-order valence-corrected chi connectivity index (χ2v) is 7.45. The number of hydrogen-bond acceptors (Lipinski definition) is 4. The van der Waals surface area contributed by atoms with Crippen molar-refractivity contribution in [3.05, 3.63) is 45.8 Å². The van der Waals surface area contributed by atoms with Crippen LogP contribution in [0, 0.1) is 6.92 Å². The van der Waals surface area contributed by atoms with E-state index in [1.807, 2.05) is 31.2 Å². The summed E-state index contributed by atoms with van der Waals surface area (Å²) in [5, 5.41) is 3.38. The Morgan fingerprint density at radius 3 is 2.56 bits per heavy atom. The summed E-state index contributed by atoms with van der Waals surface area (Å²) in [5.41, 5.74) is 8.16. The number of fused-ring (bicyclic) bond motifs is 1. The third-order valence-corrected chi connectivity index (χ3v) is 5.56. The number of nitrogens with two attached hydrogens (primary N) is 1. The third-order valence-electron chi connectivity index (χ3n) is 4.36. The quantitative estimate of drug-likeness (QED) is 0.859. The van der Waals surface area contributed by atoms with Crippen molar-refractivity contribution in [3.8, 4) is 5.75 Å². The van der Waals surface area contributed by atoms with Crippen LogP contribution in [-0.4, -0.2) is 17.9 Å². The number of aryl methyl sites for hydroxylation is 2. The van der Waals surface area contributed by atoms with Gasteiger partial charge in [-0.3, -0.25) is 9.59 Å². The van der Waals surface area contributed by atoms with Crippen molar-refractivity contribution >= 4 is 28.2 Å². The first-order valence-corrected chi connectivity index (χ1v) is 9.26. The van der Waals surface area contributed by atoms with Gasteiger partial charge in [0.2, 0.25) is 0 Å². The zero-order valence-electron chi connectivity index (χ0n) is 14.4. The molecule has 1 aromatic carbocycles. The Morgan fingerprint density at radius 2 is 1.88 bits per heavy atom. The van der Waals surface area contributed by atoms with Crippen LogP contribution in [-0.2, 0) is 17.6 Å². The number of carbonyl (C=O) groups excluding carboxylic acids is 2. The predicted molar refractivity (Wildman–Crippen MR) is 99.4 cm³/mol. The molecule has 2 amide bonds. The molecule has 0 spiro atoms. The summed E-state index contributed by atoms with van der Waals surface area (Å²) in [6.07, 6.45) is 3.25. The Morgan fingerprint density at radius 1 is 1.20 bits per heavy atom. The number of amides is 2. The van der Waals surface area contributed by atoms with E-state index < -0.39 is 12.0 Å². The summed E-state index contributed by atoms with van der Waals surface area (Å²) in [6, 6.07) is 7.52. The molecule has 132 valence electrons. The molecule has 25 heavy (non-hydrogen) atoms. The van der Waals surface area contributed by atoms with E-state index >= 15 is 0 Å². The maximum absolute atomic E-state index is 12.5. The lowest BCUT2D eigenvalue weighted by atomic mass is 9.95. The molecule has 2 aromatic rings.